The van der Waals surface area contributed by atoms with E-state index < -0.39 is 0 Å². The Morgan fingerprint density at radius 1 is 1.17 bits per heavy atom. The molecule has 3 unspecified atom stereocenters. The van der Waals surface area contributed by atoms with Crippen LogP contribution in [-0.4, -0.2) is 32.5 Å². The molecule has 24 heavy (non-hydrogen) atoms. The number of hydrogen-bond donors (Lipinski definition) is 1. The number of rotatable bonds is 7. The van der Waals surface area contributed by atoms with Crippen molar-refractivity contribution in [1.29, 1.82) is 0 Å². The number of benzene rings is 1. The van der Waals surface area contributed by atoms with Crippen LogP contribution < -0.4 is 14.8 Å². The maximum atomic E-state index is 5.91. The summed E-state index contributed by atoms with van der Waals surface area (Å²) in [6, 6.07) is 6.89. The first kappa shape index (κ1) is 17.6. The Kier molecular flexibility index (Phi) is 6.38. The molecule has 1 saturated heterocycles. The van der Waals surface area contributed by atoms with Gasteiger partial charge in [0.2, 0.25) is 0 Å². The maximum absolute atomic E-state index is 5.91. The lowest BCUT2D eigenvalue weighted by atomic mass is 9.87. The molecule has 0 amide bonds. The Labute approximate surface area is 145 Å². The van der Waals surface area contributed by atoms with Gasteiger partial charge in [-0.2, -0.15) is 0 Å². The standard InChI is InChI=1S/C20H31NO3/c1-15-5-3-6-17(11-15)21-13-16-8-9-19(20(12-16)22-2)24-14-18-7-4-10-23-18/h8-9,12,15,17-18,21H,3-7,10-11,13-14H2,1-2H3. The molecule has 134 valence electrons. The summed E-state index contributed by atoms with van der Waals surface area (Å²) in [6.07, 6.45) is 7.76. The molecule has 2 fully saturated rings. The van der Waals surface area contributed by atoms with E-state index >= 15 is 0 Å². The van der Waals surface area contributed by atoms with Gasteiger partial charge in [-0.05, 0) is 49.3 Å². The van der Waals surface area contributed by atoms with Gasteiger partial charge in [-0.15, -0.1) is 0 Å². The smallest absolute Gasteiger partial charge is 0.161 e. The molecule has 0 spiro atoms. The van der Waals surface area contributed by atoms with E-state index in [2.05, 4.69) is 24.4 Å². The summed E-state index contributed by atoms with van der Waals surface area (Å²) in [5.41, 5.74) is 1.24. The zero-order valence-electron chi connectivity index (χ0n) is 15.1. The van der Waals surface area contributed by atoms with E-state index in [-0.39, 0.29) is 6.10 Å². The van der Waals surface area contributed by atoms with E-state index in [1.54, 1.807) is 7.11 Å². The third-order valence-corrected chi connectivity index (χ3v) is 5.21. The van der Waals surface area contributed by atoms with Gasteiger partial charge < -0.3 is 19.5 Å². The molecule has 1 N–H and O–H groups in total. The van der Waals surface area contributed by atoms with Gasteiger partial charge in [-0.3, -0.25) is 0 Å². The van der Waals surface area contributed by atoms with Crippen LogP contribution >= 0.6 is 0 Å². The Morgan fingerprint density at radius 3 is 2.83 bits per heavy atom. The molecule has 1 aromatic rings. The fraction of sp³-hybridized carbons (Fsp3) is 0.700. The number of hydrogen-bond acceptors (Lipinski definition) is 4. The molecule has 4 nitrogen and oxygen atoms in total. The van der Waals surface area contributed by atoms with E-state index in [0.717, 1.165) is 43.4 Å². The minimum atomic E-state index is 0.226. The Morgan fingerprint density at radius 2 is 2.08 bits per heavy atom. The molecule has 2 aliphatic rings. The summed E-state index contributed by atoms with van der Waals surface area (Å²) in [7, 11) is 1.70. The summed E-state index contributed by atoms with van der Waals surface area (Å²) in [5, 5.41) is 3.70. The van der Waals surface area contributed by atoms with Crippen LogP contribution in [0.25, 0.3) is 0 Å². The highest BCUT2D eigenvalue weighted by Crippen LogP contribution is 2.29. The van der Waals surface area contributed by atoms with E-state index in [0.29, 0.717) is 12.6 Å². The average Bonchev–Trinajstić information content (AvgIpc) is 3.12. The molecule has 0 aromatic heterocycles. The lowest BCUT2D eigenvalue weighted by Gasteiger charge is -2.27. The van der Waals surface area contributed by atoms with Gasteiger partial charge in [0, 0.05) is 19.2 Å². The largest absolute Gasteiger partial charge is 0.493 e. The Bertz CT molecular complexity index is 514. The number of nitrogens with one attached hydrogen (secondary N) is 1. The first-order chi connectivity index (χ1) is 11.7. The molecular weight excluding hydrogens is 302 g/mol. The highest BCUT2D eigenvalue weighted by atomic mass is 16.5. The average molecular weight is 333 g/mol. The van der Waals surface area contributed by atoms with E-state index in [9.17, 15) is 0 Å². The second kappa shape index (κ2) is 8.72. The van der Waals surface area contributed by atoms with Crippen molar-refractivity contribution in [2.75, 3.05) is 20.3 Å². The zero-order chi connectivity index (χ0) is 16.8. The summed E-state index contributed by atoms with van der Waals surface area (Å²) in [5.74, 6) is 2.46. The van der Waals surface area contributed by atoms with Crippen molar-refractivity contribution in [2.45, 2.75) is 64.1 Å². The Hall–Kier alpha value is -1.26. The predicted octanol–water partition coefficient (Wildman–Crippen LogP) is 3.92. The van der Waals surface area contributed by atoms with E-state index in [1.807, 2.05) is 6.07 Å². The summed E-state index contributed by atoms with van der Waals surface area (Å²) < 4.78 is 17.0. The van der Waals surface area contributed by atoms with E-state index in [4.69, 9.17) is 14.2 Å². The van der Waals surface area contributed by atoms with Crippen LogP contribution in [0.4, 0.5) is 0 Å². The van der Waals surface area contributed by atoms with Gasteiger partial charge in [0.05, 0.1) is 13.2 Å². The predicted molar refractivity (Wildman–Crippen MR) is 95.7 cm³/mol. The van der Waals surface area contributed by atoms with E-state index in [1.165, 1.54) is 31.2 Å². The highest BCUT2D eigenvalue weighted by molar-refractivity contribution is 5.43. The van der Waals surface area contributed by atoms with Crippen LogP contribution in [0.3, 0.4) is 0 Å². The first-order valence-corrected chi connectivity index (χ1v) is 9.39. The van der Waals surface area contributed by atoms with Crippen LogP contribution in [0.5, 0.6) is 11.5 Å². The minimum Gasteiger partial charge on any atom is -0.493 e. The van der Waals surface area contributed by atoms with Crippen molar-refractivity contribution in [2.24, 2.45) is 5.92 Å². The van der Waals surface area contributed by atoms with Crippen molar-refractivity contribution >= 4 is 0 Å². The first-order valence-electron chi connectivity index (χ1n) is 9.39. The Balaban J connectivity index is 1.52. The normalized spacial score (nSPS) is 27.2. The molecule has 0 radical (unpaired) electrons. The molecule has 3 atom stereocenters. The molecule has 3 rings (SSSR count). The number of methoxy groups -OCH3 is 1. The second-order valence-corrected chi connectivity index (χ2v) is 7.28. The van der Waals surface area contributed by atoms with Crippen molar-refractivity contribution in [3.63, 3.8) is 0 Å². The molecule has 0 bridgehead atoms. The fourth-order valence-electron chi connectivity index (χ4n) is 3.78. The monoisotopic (exact) mass is 333 g/mol. The van der Waals surface area contributed by atoms with Gasteiger partial charge in [-0.25, -0.2) is 0 Å². The van der Waals surface area contributed by atoms with Crippen LogP contribution in [0, 0.1) is 5.92 Å². The topological polar surface area (TPSA) is 39.7 Å². The zero-order valence-corrected chi connectivity index (χ0v) is 15.1. The quantitative estimate of drug-likeness (QED) is 0.821. The fourth-order valence-corrected chi connectivity index (χ4v) is 3.78. The van der Waals surface area contributed by atoms with Gasteiger partial charge in [0.25, 0.3) is 0 Å². The molecule has 1 aromatic carbocycles. The third-order valence-electron chi connectivity index (χ3n) is 5.21. The molecule has 4 heteroatoms. The maximum Gasteiger partial charge on any atom is 0.161 e. The van der Waals surface area contributed by atoms with Crippen molar-refractivity contribution in [3.05, 3.63) is 23.8 Å². The third kappa shape index (κ3) is 4.87. The molecule has 1 aliphatic heterocycles. The lowest BCUT2D eigenvalue weighted by molar-refractivity contribution is 0.0669. The minimum absolute atomic E-state index is 0.226. The van der Waals surface area contributed by atoms with Gasteiger partial charge in [-0.1, -0.05) is 25.8 Å². The summed E-state index contributed by atoms with van der Waals surface area (Å²) in [6.45, 7) is 4.71. The van der Waals surface area contributed by atoms with Crippen LogP contribution in [-0.2, 0) is 11.3 Å². The van der Waals surface area contributed by atoms with Crippen molar-refractivity contribution in [1.82, 2.24) is 5.32 Å². The lowest BCUT2D eigenvalue weighted by Crippen LogP contribution is -2.33. The van der Waals surface area contributed by atoms with Gasteiger partial charge in [0.1, 0.15) is 6.61 Å². The molecule has 1 aliphatic carbocycles. The highest BCUT2D eigenvalue weighted by Gasteiger charge is 2.19. The molecule has 1 saturated carbocycles. The van der Waals surface area contributed by atoms with Crippen molar-refractivity contribution < 1.29 is 14.2 Å². The van der Waals surface area contributed by atoms with Crippen molar-refractivity contribution in [3.8, 4) is 11.5 Å². The van der Waals surface area contributed by atoms with Crippen LogP contribution in [0.1, 0.15) is 51.0 Å². The summed E-state index contributed by atoms with van der Waals surface area (Å²) >= 11 is 0. The van der Waals surface area contributed by atoms with Gasteiger partial charge in [0.15, 0.2) is 11.5 Å². The van der Waals surface area contributed by atoms with Gasteiger partial charge >= 0.3 is 0 Å². The number of ether oxygens (including phenoxy) is 3. The van der Waals surface area contributed by atoms with Crippen LogP contribution in [0.2, 0.25) is 0 Å². The molecular formula is C20H31NO3. The molecule has 1 heterocycles. The van der Waals surface area contributed by atoms with Crippen LogP contribution in [0.15, 0.2) is 18.2 Å². The second-order valence-electron chi connectivity index (χ2n) is 7.28. The SMILES string of the molecule is COc1cc(CNC2CCCC(C)C2)ccc1OCC1CCCO1. The summed E-state index contributed by atoms with van der Waals surface area (Å²) in [4.78, 5) is 0.